The van der Waals surface area contributed by atoms with E-state index in [0.29, 0.717) is 6.42 Å². The second-order valence-corrected chi connectivity index (χ2v) is 4.47. The van der Waals surface area contributed by atoms with E-state index in [2.05, 4.69) is 26.7 Å². The van der Waals surface area contributed by atoms with Crippen molar-refractivity contribution in [3.63, 3.8) is 0 Å². The Labute approximate surface area is 104 Å². The molecule has 1 rings (SSSR count). The van der Waals surface area contributed by atoms with E-state index in [1.54, 1.807) is 0 Å². The topological polar surface area (TPSA) is 52.3 Å². The fourth-order valence-corrected chi connectivity index (χ4v) is 1.97. The first-order valence-electron chi connectivity index (χ1n) is 5.22. The third-order valence-electron chi connectivity index (χ3n) is 2.42. The van der Waals surface area contributed by atoms with Crippen LogP contribution in [0, 0.1) is 0 Å². The molecular weight excluding hydrogens is 270 g/mol. The molecule has 0 spiro atoms. The number of benzene rings is 1. The summed E-state index contributed by atoms with van der Waals surface area (Å²) in [7, 11) is 1.36. The van der Waals surface area contributed by atoms with E-state index >= 15 is 0 Å². The first-order valence-corrected chi connectivity index (χ1v) is 6.01. The van der Waals surface area contributed by atoms with E-state index in [0.717, 1.165) is 17.3 Å². The SMILES string of the molecule is COC(=O)C(N)CCCc1ccccc1Br. The van der Waals surface area contributed by atoms with Crippen LogP contribution in [0.5, 0.6) is 0 Å². The summed E-state index contributed by atoms with van der Waals surface area (Å²) in [6.07, 6.45) is 2.43. The Hall–Kier alpha value is -0.870. The van der Waals surface area contributed by atoms with Gasteiger partial charge in [0.1, 0.15) is 6.04 Å². The van der Waals surface area contributed by atoms with Crippen LogP contribution in [0.1, 0.15) is 18.4 Å². The molecule has 1 aromatic carbocycles. The van der Waals surface area contributed by atoms with E-state index in [-0.39, 0.29) is 5.97 Å². The Balaban J connectivity index is 2.36. The molecule has 0 heterocycles. The van der Waals surface area contributed by atoms with Crippen LogP contribution in [0.2, 0.25) is 0 Å². The van der Waals surface area contributed by atoms with Crippen molar-refractivity contribution in [3.8, 4) is 0 Å². The monoisotopic (exact) mass is 285 g/mol. The summed E-state index contributed by atoms with van der Waals surface area (Å²) < 4.78 is 5.66. The molecule has 1 unspecified atom stereocenters. The summed E-state index contributed by atoms with van der Waals surface area (Å²) in [5.74, 6) is -0.341. The van der Waals surface area contributed by atoms with E-state index in [9.17, 15) is 4.79 Å². The maximum atomic E-state index is 11.1. The van der Waals surface area contributed by atoms with E-state index in [4.69, 9.17) is 5.73 Å². The summed E-state index contributed by atoms with van der Waals surface area (Å²) in [4.78, 5) is 11.1. The average molecular weight is 286 g/mol. The molecule has 0 aliphatic carbocycles. The highest BCUT2D eigenvalue weighted by Crippen LogP contribution is 2.18. The standard InChI is InChI=1S/C12H16BrNO2/c1-16-12(15)11(14)8-4-6-9-5-2-3-7-10(9)13/h2-3,5,7,11H,4,6,8,14H2,1H3. The summed E-state index contributed by atoms with van der Waals surface area (Å²) in [6.45, 7) is 0. The lowest BCUT2D eigenvalue weighted by Crippen LogP contribution is -2.31. The molecule has 1 aromatic rings. The van der Waals surface area contributed by atoms with Crippen molar-refractivity contribution >= 4 is 21.9 Å². The number of esters is 1. The molecule has 4 heteroatoms. The summed E-state index contributed by atoms with van der Waals surface area (Å²) in [6, 6.07) is 7.55. The number of aryl methyl sites for hydroxylation is 1. The lowest BCUT2D eigenvalue weighted by Gasteiger charge is -2.09. The number of carbonyl (C=O) groups is 1. The number of rotatable bonds is 5. The van der Waals surface area contributed by atoms with Gasteiger partial charge in [-0.05, 0) is 30.9 Å². The van der Waals surface area contributed by atoms with Crippen molar-refractivity contribution in [3.05, 3.63) is 34.3 Å². The van der Waals surface area contributed by atoms with Gasteiger partial charge in [-0.2, -0.15) is 0 Å². The van der Waals surface area contributed by atoms with Crippen LogP contribution < -0.4 is 5.73 Å². The van der Waals surface area contributed by atoms with Crippen LogP contribution in [0.3, 0.4) is 0 Å². The molecule has 0 aliphatic heterocycles. The minimum atomic E-state index is -0.507. The maximum absolute atomic E-state index is 11.1. The third-order valence-corrected chi connectivity index (χ3v) is 3.20. The largest absolute Gasteiger partial charge is 0.468 e. The third kappa shape index (κ3) is 3.94. The van der Waals surface area contributed by atoms with Crippen molar-refractivity contribution < 1.29 is 9.53 Å². The molecule has 0 bridgehead atoms. The fourth-order valence-electron chi connectivity index (χ4n) is 1.48. The van der Waals surface area contributed by atoms with Gasteiger partial charge in [0.15, 0.2) is 0 Å². The first kappa shape index (κ1) is 13.2. The summed E-state index contributed by atoms with van der Waals surface area (Å²) in [5.41, 5.74) is 6.88. The Bertz CT molecular complexity index is 355. The molecule has 3 nitrogen and oxygen atoms in total. The average Bonchev–Trinajstić information content (AvgIpc) is 2.30. The van der Waals surface area contributed by atoms with Crippen LogP contribution in [-0.4, -0.2) is 19.1 Å². The minimum absolute atomic E-state index is 0.341. The van der Waals surface area contributed by atoms with E-state index in [1.807, 2.05) is 18.2 Å². The highest BCUT2D eigenvalue weighted by molar-refractivity contribution is 9.10. The molecule has 88 valence electrons. The van der Waals surface area contributed by atoms with Gasteiger partial charge in [0.25, 0.3) is 0 Å². The van der Waals surface area contributed by atoms with Gasteiger partial charge in [0.2, 0.25) is 0 Å². The first-order chi connectivity index (χ1) is 7.65. The zero-order valence-electron chi connectivity index (χ0n) is 9.28. The summed E-state index contributed by atoms with van der Waals surface area (Å²) >= 11 is 3.48. The van der Waals surface area contributed by atoms with Crippen LogP contribution in [0.15, 0.2) is 28.7 Å². The number of ether oxygens (including phenoxy) is 1. The molecule has 0 saturated carbocycles. The zero-order valence-corrected chi connectivity index (χ0v) is 10.9. The molecule has 0 aromatic heterocycles. The number of halogens is 1. The number of methoxy groups -OCH3 is 1. The number of nitrogens with two attached hydrogens (primary N) is 1. The Morgan fingerprint density at radius 3 is 2.81 bits per heavy atom. The lowest BCUT2D eigenvalue weighted by atomic mass is 10.1. The van der Waals surface area contributed by atoms with Crippen LogP contribution >= 0.6 is 15.9 Å². The minimum Gasteiger partial charge on any atom is -0.468 e. The highest BCUT2D eigenvalue weighted by atomic mass is 79.9. The molecule has 0 fully saturated rings. The number of hydrogen-bond acceptors (Lipinski definition) is 3. The van der Waals surface area contributed by atoms with E-state index < -0.39 is 6.04 Å². The highest BCUT2D eigenvalue weighted by Gasteiger charge is 2.12. The molecule has 0 radical (unpaired) electrons. The van der Waals surface area contributed by atoms with Gasteiger partial charge in [-0.1, -0.05) is 34.1 Å². The van der Waals surface area contributed by atoms with Crippen molar-refractivity contribution in [2.75, 3.05) is 7.11 Å². The van der Waals surface area contributed by atoms with Crippen molar-refractivity contribution in [2.45, 2.75) is 25.3 Å². The molecule has 0 amide bonds. The van der Waals surface area contributed by atoms with Crippen LogP contribution in [0.25, 0.3) is 0 Å². The molecule has 2 N–H and O–H groups in total. The smallest absolute Gasteiger partial charge is 0.322 e. The zero-order chi connectivity index (χ0) is 12.0. The van der Waals surface area contributed by atoms with Gasteiger partial charge in [-0.25, -0.2) is 0 Å². The summed E-state index contributed by atoms with van der Waals surface area (Å²) in [5, 5.41) is 0. The van der Waals surface area contributed by atoms with Crippen molar-refractivity contribution in [1.82, 2.24) is 0 Å². The Morgan fingerprint density at radius 1 is 1.50 bits per heavy atom. The molecule has 1 atom stereocenters. The van der Waals surface area contributed by atoms with Gasteiger partial charge in [-0.15, -0.1) is 0 Å². The maximum Gasteiger partial charge on any atom is 0.322 e. The molecule has 0 saturated heterocycles. The van der Waals surface area contributed by atoms with Gasteiger partial charge in [0.05, 0.1) is 7.11 Å². The molecule has 16 heavy (non-hydrogen) atoms. The van der Waals surface area contributed by atoms with Gasteiger partial charge >= 0.3 is 5.97 Å². The van der Waals surface area contributed by atoms with Gasteiger partial charge in [0, 0.05) is 4.47 Å². The van der Waals surface area contributed by atoms with Crippen molar-refractivity contribution in [2.24, 2.45) is 5.73 Å². The second kappa shape index (κ2) is 6.66. The molecular formula is C12H16BrNO2. The lowest BCUT2D eigenvalue weighted by molar-refractivity contribution is -0.142. The van der Waals surface area contributed by atoms with Crippen LogP contribution in [0.4, 0.5) is 0 Å². The van der Waals surface area contributed by atoms with Crippen LogP contribution in [-0.2, 0) is 16.0 Å². The van der Waals surface area contributed by atoms with Gasteiger partial charge in [-0.3, -0.25) is 4.79 Å². The quantitative estimate of drug-likeness (QED) is 0.845. The number of hydrogen-bond donors (Lipinski definition) is 1. The van der Waals surface area contributed by atoms with E-state index in [1.165, 1.54) is 12.7 Å². The predicted octanol–water partition coefficient (Wildman–Crippen LogP) is 2.27. The van der Waals surface area contributed by atoms with Gasteiger partial charge < -0.3 is 10.5 Å². The predicted molar refractivity (Wildman–Crippen MR) is 67.1 cm³/mol. The Kier molecular flexibility index (Phi) is 5.49. The Morgan fingerprint density at radius 2 is 2.19 bits per heavy atom. The van der Waals surface area contributed by atoms with Crippen molar-refractivity contribution in [1.29, 1.82) is 0 Å². The normalized spacial score (nSPS) is 12.2. The number of carbonyl (C=O) groups excluding carboxylic acids is 1. The molecule has 0 aliphatic rings. The second-order valence-electron chi connectivity index (χ2n) is 3.61. The fraction of sp³-hybridized carbons (Fsp3) is 0.417.